The third kappa shape index (κ3) is 2.41. The highest BCUT2D eigenvalue weighted by Crippen LogP contribution is 2.18. The Labute approximate surface area is 80.3 Å². The standard InChI is InChI=1S/C12H17N/c1-9(2)11-4-6-12(7-5-11)10(3)8-13/h4-10,13H,1-3H3. The summed E-state index contributed by atoms with van der Waals surface area (Å²) in [6.07, 6.45) is 1.48. The summed E-state index contributed by atoms with van der Waals surface area (Å²) < 4.78 is 0. The van der Waals surface area contributed by atoms with Crippen molar-refractivity contribution in [2.45, 2.75) is 32.6 Å². The molecule has 1 atom stereocenters. The van der Waals surface area contributed by atoms with E-state index >= 15 is 0 Å². The van der Waals surface area contributed by atoms with Crippen LogP contribution < -0.4 is 0 Å². The molecule has 1 unspecified atom stereocenters. The highest BCUT2D eigenvalue weighted by Gasteiger charge is 2.02. The number of hydrogen-bond donors (Lipinski definition) is 1. The second kappa shape index (κ2) is 4.22. The lowest BCUT2D eigenvalue weighted by Gasteiger charge is -2.08. The highest BCUT2D eigenvalue weighted by atomic mass is 14.3. The molecule has 0 fully saturated rings. The summed E-state index contributed by atoms with van der Waals surface area (Å²) in [6, 6.07) is 8.54. The Balaban J connectivity index is 2.87. The number of rotatable bonds is 3. The van der Waals surface area contributed by atoms with E-state index in [1.165, 1.54) is 17.3 Å². The Hall–Kier alpha value is -1.11. The topological polar surface area (TPSA) is 23.9 Å². The molecule has 0 aliphatic heterocycles. The molecular weight excluding hydrogens is 158 g/mol. The van der Waals surface area contributed by atoms with Crippen LogP contribution in [0.15, 0.2) is 24.3 Å². The van der Waals surface area contributed by atoms with E-state index in [0.29, 0.717) is 5.92 Å². The van der Waals surface area contributed by atoms with Crippen LogP contribution in [0.2, 0.25) is 0 Å². The summed E-state index contributed by atoms with van der Waals surface area (Å²) >= 11 is 0. The smallest absolute Gasteiger partial charge is 0.0158 e. The minimum atomic E-state index is 0.237. The molecule has 0 bridgehead atoms. The van der Waals surface area contributed by atoms with Gasteiger partial charge in [-0.25, -0.2) is 0 Å². The van der Waals surface area contributed by atoms with E-state index in [2.05, 4.69) is 38.1 Å². The predicted octanol–water partition coefficient (Wildman–Crippen LogP) is 3.56. The zero-order valence-corrected chi connectivity index (χ0v) is 8.54. The van der Waals surface area contributed by atoms with Gasteiger partial charge in [0.2, 0.25) is 0 Å². The summed E-state index contributed by atoms with van der Waals surface area (Å²) in [7, 11) is 0. The van der Waals surface area contributed by atoms with Crippen LogP contribution in [0.25, 0.3) is 0 Å². The SMILES string of the molecule is CC(C)c1ccc(C(C)C=N)cc1. The van der Waals surface area contributed by atoms with Crippen molar-refractivity contribution in [2.75, 3.05) is 0 Å². The number of benzene rings is 1. The van der Waals surface area contributed by atoms with Gasteiger partial charge >= 0.3 is 0 Å². The van der Waals surface area contributed by atoms with E-state index in [4.69, 9.17) is 5.41 Å². The van der Waals surface area contributed by atoms with Gasteiger partial charge in [0.05, 0.1) is 0 Å². The molecule has 70 valence electrons. The lowest BCUT2D eigenvalue weighted by Crippen LogP contribution is -1.94. The van der Waals surface area contributed by atoms with Crippen LogP contribution in [-0.4, -0.2) is 6.21 Å². The van der Waals surface area contributed by atoms with Gasteiger partial charge in [-0.1, -0.05) is 45.0 Å². The second-order valence-electron chi connectivity index (χ2n) is 3.78. The first-order valence-electron chi connectivity index (χ1n) is 4.75. The average Bonchev–Trinajstić information content (AvgIpc) is 2.17. The van der Waals surface area contributed by atoms with E-state index in [1.54, 1.807) is 0 Å². The van der Waals surface area contributed by atoms with Gasteiger partial charge in [0, 0.05) is 12.1 Å². The highest BCUT2D eigenvalue weighted by molar-refractivity contribution is 5.64. The Morgan fingerprint density at radius 3 is 1.85 bits per heavy atom. The molecule has 0 heterocycles. The van der Waals surface area contributed by atoms with Crippen molar-refractivity contribution in [3.05, 3.63) is 35.4 Å². The van der Waals surface area contributed by atoms with E-state index < -0.39 is 0 Å². The van der Waals surface area contributed by atoms with Crippen LogP contribution in [0.1, 0.15) is 43.7 Å². The molecule has 1 N–H and O–H groups in total. The maximum atomic E-state index is 7.16. The van der Waals surface area contributed by atoms with Crippen LogP contribution in [0.3, 0.4) is 0 Å². The van der Waals surface area contributed by atoms with Crippen molar-refractivity contribution in [3.63, 3.8) is 0 Å². The van der Waals surface area contributed by atoms with Crippen LogP contribution in [0.5, 0.6) is 0 Å². The van der Waals surface area contributed by atoms with Gasteiger partial charge in [-0.05, 0) is 17.0 Å². The van der Waals surface area contributed by atoms with Gasteiger partial charge < -0.3 is 5.41 Å². The summed E-state index contributed by atoms with van der Waals surface area (Å²) in [5, 5.41) is 7.16. The van der Waals surface area contributed by atoms with Crippen molar-refractivity contribution in [3.8, 4) is 0 Å². The normalized spacial score (nSPS) is 12.9. The van der Waals surface area contributed by atoms with Gasteiger partial charge in [-0.3, -0.25) is 0 Å². The van der Waals surface area contributed by atoms with Crippen molar-refractivity contribution in [2.24, 2.45) is 0 Å². The van der Waals surface area contributed by atoms with Gasteiger partial charge in [0.15, 0.2) is 0 Å². The molecule has 0 radical (unpaired) electrons. The van der Waals surface area contributed by atoms with Crippen LogP contribution >= 0.6 is 0 Å². The Kier molecular flexibility index (Phi) is 3.24. The Bertz CT molecular complexity index is 272. The van der Waals surface area contributed by atoms with Crippen molar-refractivity contribution in [1.29, 1.82) is 5.41 Å². The molecule has 0 saturated heterocycles. The van der Waals surface area contributed by atoms with Gasteiger partial charge in [0.25, 0.3) is 0 Å². The first-order valence-corrected chi connectivity index (χ1v) is 4.75. The lowest BCUT2D eigenvalue weighted by molar-refractivity contribution is 0.864. The molecular formula is C12H17N. The quantitative estimate of drug-likeness (QED) is 0.679. The molecule has 1 heteroatoms. The van der Waals surface area contributed by atoms with Crippen LogP contribution in [0, 0.1) is 5.41 Å². The molecule has 0 aliphatic rings. The zero-order valence-electron chi connectivity index (χ0n) is 8.54. The van der Waals surface area contributed by atoms with Crippen molar-refractivity contribution >= 4 is 6.21 Å². The molecule has 1 rings (SSSR count). The van der Waals surface area contributed by atoms with Gasteiger partial charge in [-0.15, -0.1) is 0 Å². The van der Waals surface area contributed by atoms with Crippen molar-refractivity contribution < 1.29 is 0 Å². The molecule has 1 aromatic rings. The predicted molar refractivity (Wildman–Crippen MR) is 57.7 cm³/mol. The summed E-state index contributed by atoms with van der Waals surface area (Å²) in [5.74, 6) is 0.825. The third-order valence-corrected chi connectivity index (χ3v) is 2.38. The molecule has 0 aromatic heterocycles. The minimum absolute atomic E-state index is 0.237. The molecule has 1 nitrogen and oxygen atoms in total. The fraction of sp³-hybridized carbons (Fsp3) is 0.417. The van der Waals surface area contributed by atoms with Crippen LogP contribution in [0.4, 0.5) is 0 Å². The summed E-state index contributed by atoms with van der Waals surface area (Å²) in [5.41, 5.74) is 2.58. The monoisotopic (exact) mass is 175 g/mol. The van der Waals surface area contributed by atoms with E-state index in [-0.39, 0.29) is 5.92 Å². The summed E-state index contributed by atoms with van der Waals surface area (Å²) in [6.45, 7) is 6.42. The fourth-order valence-corrected chi connectivity index (χ4v) is 1.28. The maximum Gasteiger partial charge on any atom is 0.0158 e. The van der Waals surface area contributed by atoms with E-state index in [9.17, 15) is 0 Å². The third-order valence-electron chi connectivity index (χ3n) is 2.38. The Morgan fingerprint density at radius 1 is 1.00 bits per heavy atom. The second-order valence-corrected chi connectivity index (χ2v) is 3.78. The van der Waals surface area contributed by atoms with Gasteiger partial charge in [0.1, 0.15) is 0 Å². The minimum Gasteiger partial charge on any atom is -0.312 e. The van der Waals surface area contributed by atoms with E-state index in [1.807, 2.05) is 6.92 Å². The first kappa shape index (κ1) is 9.97. The maximum absolute atomic E-state index is 7.16. The molecule has 1 aromatic carbocycles. The molecule has 0 saturated carbocycles. The fourth-order valence-electron chi connectivity index (χ4n) is 1.28. The van der Waals surface area contributed by atoms with Crippen LogP contribution in [-0.2, 0) is 0 Å². The molecule has 0 aliphatic carbocycles. The number of hydrogen-bond acceptors (Lipinski definition) is 1. The summed E-state index contributed by atoms with van der Waals surface area (Å²) in [4.78, 5) is 0. The zero-order chi connectivity index (χ0) is 9.84. The first-order chi connectivity index (χ1) is 6.15. The van der Waals surface area contributed by atoms with Gasteiger partial charge in [-0.2, -0.15) is 0 Å². The molecule has 0 amide bonds. The van der Waals surface area contributed by atoms with E-state index in [0.717, 1.165) is 0 Å². The van der Waals surface area contributed by atoms with Crippen molar-refractivity contribution in [1.82, 2.24) is 0 Å². The molecule has 13 heavy (non-hydrogen) atoms. The number of nitrogens with one attached hydrogen (secondary N) is 1. The lowest BCUT2D eigenvalue weighted by atomic mass is 9.97. The largest absolute Gasteiger partial charge is 0.312 e. The Morgan fingerprint density at radius 2 is 1.46 bits per heavy atom. The average molecular weight is 175 g/mol. The molecule has 0 spiro atoms.